The minimum absolute atomic E-state index is 0.00906. The van der Waals surface area contributed by atoms with Gasteiger partial charge in [0.2, 0.25) is 0 Å². The second-order valence-electron chi connectivity index (χ2n) is 7.11. The molecule has 1 aliphatic rings. The van der Waals surface area contributed by atoms with Crippen LogP contribution in [0.4, 0.5) is 13.2 Å². The minimum Gasteiger partial charge on any atom is -0.406 e. The van der Waals surface area contributed by atoms with Gasteiger partial charge < -0.3 is 15.4 Å². The van der Waals surface area contributed by atoms with Gasteiger partial charge in [-0.25, -0.2) is 0 Å². The molecule has 0 aliphatic carbocycles. The van der Waals surface area contributed by atoms with Crippen molar-refractivity contribution in [3.8, 4) is 5.75 Å². The highest BCUT2D eigenvalue weighted by molar-refractivity contribution is 6.06. The molecule has 5 nitrogen and oxygen atoms in total. The summed E-state index contributed by atoms with van der Waals surface area (Å²) in [6.45, 7) is 4.21. The second kappa shape index (κ2) is 9.02. The smallest absolute Gasteiger partial charge is 0.406 e. The van der Waals surface area contributed by atoms with E-state index in [9.17, 15) is 18.0 Å². The number of carbonyl (C=O) groups is 1. The summed E-state index contributed by atoms with van der Waals surface area (Å²) < 4.78 is 41.0. The van der Waals surface area contributed by atoms with Gasteiger partial charge in [-0.1, -0.05) is 56.3 Å². The summed E-state index contributed by atoms with van der Waals surface area (Å²) in [6.07, 6.45) is -3.05. The van der Waals surface area contributed by atoms with Crippen LogP contribution in [0.3, 0.4) is 0 Å². The van der Waals surface area contributed by atoms with E-state index < -0.39 is 6.36 Å². The Bertz CT molecular complexity index is 936. The number of carbonyl (C=O) groups excluding carboxylic acids is 1. The first-order valence-corrected chi connectivity index (χ1v) is 9.46. The van der Waals surface area contributed by atoms with Crippen LogP contribution in [-0.2, 0) is 4.79 Å². The van der Waals surface area contributed by atoms with Crippen molar-refractivity contribution >= 4 is 11.7 Å². The number of nitrogens with zero attached hydrogens (tertiary/aromatic N) is 1. The van der Waals surface area contributed by atoms with Crippen molar-refractivity contribution in [2.24, 2.45) is 10.9 Å². The van der Waals surface area contributed by atoms with E-state index in [2.05, 4.69) is 20.4 Å². The molecule has 1 amide bonds. The van der Waals surface area contributed by atoms with Crippen LogP contribution in [0.2, 0.25) is 0 Å². The van der Waals surface area contributed by atoms with Crippen molar-refractivity contribution in [2.45, 2.75) is 26.3 Å². The normalized spacial score (nSPS) is 15.0. The monoisotopic (exact) mass is 417 g/mol. The highest BCUT2D eigenvalue weighted by Gasteiger charge is 2.31. The summed E-state index contributed by atoms with van der Waals surface area (Å²) >= 11 is 0. The van der Waals surface area contributed by atoms with Crippen LogP contribution < -0.4 is 15.4 Å². The van der Waals surface area contributed by atoms with Gasteiger partial charge in [0.15, 0.2) is 0 Å². The molecule has 0 aromatic heterocycles. The van der Waals surface area contributed by atoms with Gasteiger partial charge in [0.1, 0.15) is 17.3 Å². The minimum atomic E-state index is -4.75. The Balaban J connectivity index is 1.69. The summed E-state index contributed by atoms with van der Waals surface area (Å²) in [7, 11) is 0. The third kappa shape index (κ3) is 5.62. The maximum absolute atomic E-state index is 12.8. The average molecular weight is 417 g/mol. The van der Waals surface area contributed by atoms with Crippen molar-refractivity contribution < 1.29 is 22.7 Å². The molecule has 0 spiro atoms. The van der Waals surface area contributed by atoms with E-state index in [1.807, 2.05) is 44.2 Å². The Morgan fingerprint density at radius 1 is 1.10 bits per heavy atom. The number of rotatable bonds is 6. The summed E-state index contributed by atoms with van der Waals surface area (Å²) in [5.74, 6) is 0.000821. The van der Waals surface area contributed by atoms with Crippen molar-refractivity contribution in [1.82, 2.24) is 10.6 Å². The topological polar surface area (TPSA) is 62.7 Å². The maximum Gasteiger partial charge on any atom is 0.573 e. The number of amides is 1. The van der Waals surface area contributed by atoms with Crippen LogP contribution >= 0.6 is 0 Å². The zero-order valence-electron chi connectivity index (χ0n) is 16.5. The molecule has 8 heteroatoms. The SMILES string of the molecule is CC(C)[C@@H](NC(=O)C1=CCN=C(c2ccccc2)N1)c1ccc(OC(F)(F)F)cc1. The molecule has 30 heavy (non-hydrogen) atoms. The molecule has 1 atom stereocenters. The van der Waals surface area contributed by atoms with E-state index in [1.54, 1.807) is 6.08 Å². The molecular formula is C22H22F3N3O2. The first-order valence-electron chi connectivity index (χ1n) is 9.46. The van der Waals surface area contributed by atoms with Crippen molar-refractivity contribution in [1.29, 1.82) is 0 Å². The van der Waals surface area contributed by atoms with Gasteiger partial charge in [-0.2, -0.15) is 0 Å². The summed E-state index contributed by atoms with van der Waals surface area (Å²) in [4.78, 5) is 17.2. The van der Waals surface area contributed by atoms with Gasteiger partial charge in [-0.15, -0.1) is 13.2 Å². The van der Waals surface area contributed by atoms with E-state index >= 15 is 0 Å². The number of nitrogens with one attached hydrogen (secondary N) is 2. The lowest BCUT2D eigenvalue weighted by molar-refractivity contribution is -0.274. The molecule has 1 heterocycles. The van der Waals surface area contributed by atoms with Crippen molar-refractivity contribution in [3.05, 3.63) is 77.5 Å². The van der Waals surface area contributed by atoms with E-state index in [0.29, 0.717) is 23.6 Å². The Hall–Kier alpha value is -3.29. The van der Waals surface area contributed by atoms with Gasteiger partial charge in [0.05, 0.1) is 12.6 Å². The fourth-order valence-corrected chi connectivity index (χ4v) is 3.09. The van der Waals surface area contributed by atoms with Crippen molar-refractivity contribution in [3.63, 3.8) is 0 Å². The molecule has 2 aromatic carbocycles. The first-order chi connectivity index (χ1) is 14.2. The van der Waals surface area contributed by atoms with Gasteiger partial charge in [0, 0.05) is 5.56 Å². The number of alkyl halides is 3. The van der Waals surface area contributed by atoms with Crippen LogP contribution in [0.15, 0.2) is 71.4 Å². The molecular weight excluding hydrogens is 395 g/mol. The fourth-order valence-electron chi connectivity index (χ4n) is 3.09. The molecule has 3 rings (SSSR count). The molecule has 2 N–H and O–H groups in total. The standard InChI is InChI=1S/C22H22F3N3O2/c1-14(2)19(15-8-10-17(11-9-15)30-22(23,24)25)28-21(29)18-12-13-26-20(27-18)16-6-4-3-5-7-16/h3-12,14,19H,13H2,1-2H3,(H,26,27)(H,28,29)/t19-/m1/s1. The zero-order chi connectivity index (χ0) is 21.7. The maximum atomic E-state index is 12.8. The number of amidine groups is 1. The van der Waals surface area contributed by atoms with E-state index in [0.717, 1.165) is 5.56 Å². The Morgan fingerprint density at radius 3 is 2.37 bits per heavy atom. The Kier molecular flexibility index (Phi) is 6.44. The van der Waals surface area contributed by atoms with Crippen LogP contribution in [0, 0.1) is 5.92 Å². The lowest BCUT2D eigenvalue weighted by atomic mass is 9.95. The molecule has 0 fully saturated rings. The number of hydrogen-bond acceptors (Lipinski definition) is 4. The van der Waals surface area contributed by atoms with Crippen LogP contribution in [-0.4, -0.2) is 24.6 Å². The van der Waals surface area contributed by atoms with Gasteiger partial charge in [-0.05, 0) is 29.7 Å². The van der Waals surface area contributed by atoms with E-state index in [1.165, 1.54) is 24.3 Å². The fraction of sp³-hybridized carbons (Fsp3) is 0.273. The summed E-state index contributed by atoms with van der Waals surface area (Å²) in [5, 5.41) is 6.01. The number of benzene rings is 2. The average Bonchev–Trinajstić information content (AvgIpc) is 2.72. The highest BCUT2D eigenvalue weighted by Crippen LogP contribution is 2.27. The number of ether oxygens (including phenoxy) is 1. The van der Waals surface area contributed by atoms with Crippen LogP contribution in [0.1, 0.15) is 31.0 Å². The third-order valence-corrected chi connectivity index (χ3v) is 4.52. The molecule has 158 valence electrons. The number of aliphatic imine (C=N–C) groups is 1. The molecule has 1 aliphatic heterocycles. The molecule has 0 saturated heterocycles. The summed E-state index contributed by atoms with van der Waals surface area (Å²) in [5.41, 5.74) is 1.93. The predicted molar refractivity (Wildman–Crippen MR) is 108 cm³/mol. The Labute approximate surface area is 172 Å². The third-order valence-electron chi connectivity index (χ3n) is 4.52. The first kappa shape index (κ1) is 21.4. The largest absolute Gasteiger partial charge is 0.573 e. The lowest BCUT2D eigenvalue weighted by Gasteiger charge is -2.25. The molecule has 0 unspecified atom stereocenters. The van der Waals surface area contributed by atoms with Crippen LogP contribution in [0.25, 0.3) is 0 Å². The predicted octanol–water partition coefficient (Wildman–Crippen LogP) is 4.33. The second-order valence-corrected chi connectivity index (χ2v) is 7.11. The lowest BCUT2D eigenvalue weighted by Crippen LogP contribution is -2.40. The molecule has 0 bridgehead atoms. The number of halogens is 3. The quantitative estimate of drug-likeness (QED) is 0.735. The molecule has 2 aromatic rings. The van der Waals surface area contributed by atoms with E-state index in [-0.39, 0.29) is 23.6 Å². The highest BCUT2D eigenvalue weighted by atomic mass is 19.4. The molecule has 0 saturated carbocycles. The number of hydrogen-bond donors (Lipinski definition) is 2. The summed E-state index contributed by atoms with van der Waals surface area (Å²) in [6, 6.07) is 14.6. The van der Waals surface area contributed by atoms with Gasteiger partial charge >= 0.3 is 6.36 Å². The van der Waals surface area contributed by atoms with Crippen LogP contribution in [0.5, 0.6) is 5.75 Å². The Morgan fingerprint density at radius 2 is 1.77 bits per heavy atom. The van der Waals surface area contributed by atoms with E-state index in [4.69, 9.17) is 0 Å². The zero-order valence-corrected chi connectivity index (χ0v) is 16.5. The van der Waals surface area contributed by atoms with Crippen molar-refractivity contribution in [2.75, 3.05) is 6.54 Å². The van der Waals surface area contributed by atoms with Gasteiger partial charge in [-0.3, -0.25) is 9.79 Å². The molecule has 0 radical (unpaired) electrons. The van der Waals surface area contributed by atoms with Gasteiger partial charge in [0.25, 0.3) is 5.91 Å².